The SMILES string of the molecule is Cn1cc(COc2cc(CCl)ccc2[N+](=O)[O-])nn1. The summed E-state index contributed by atoms with van der Waals surface area (Å²) in [4.78, 5) is 10.4. The van der Waals surface area contributed by atoms with E-state index in [0.29, 0.717) is 5.69 Å². The maximum atomic E-state index is 10.9. The van der Waals surface area contributed by atoms with Crippen molar-refractivity contribution >= 4 is 17.3 Å². The van der Waals surface area contributed by atoms with Crippen molar-refractivity contribution in [3.63, 3.8) is 0 Å². The number of ether oxygens (including phenoxy) is 1. The van der Waals surface area contributed by atoms with E-state index < -0.39 is 4.92 Å². The number of alkyl halides is 1. The Morgan fingerprint density at radius 2 is 2.32 bits per heavy atom. The Labute approximate surface area is 113 Å². The van der Waals surface area contributed by atoms with Crippen molar-refractivity contribution in [3.8, 4) is 5.75 Å². The smallest absolute Gasteiger partial charge is 0.310 e. The highest BCUT2D eigenvalue weighted by Crippen LogP contribution is 2.29. The predicted octanol–water partition coefficient (Wildman–Crippen LogP) is 2.04. The predicted molar refractivity (Wildman–Crippen MR) is 68.0 cm³/mol. The highest BCUT2D eigenvalue weighted by molar-refractivity contribution is 6.17. The fraction of sp³-hybridized carbons (Fsp3) is 0.273. The van der Waals surface area contributed by atoms with Crippen LogP contribution in [-0.2, 0) is 19.5 Å². The van der Waals surface area contributed by atoms with Crippen molar-refractivity contribution in [1.29, 1.82) is 0 Å². The molecule has 0 aliphatic carbocycles. The zero-order valence-corrected chi connectivity index (χ0v) is 10.9. The molecule has 1 aromatic carbocycles. The second-order valence-corrected chi connectivity index (χ2v) is 4.13. The summed E-state index contributed by atoms with van der Waals surface area (Å²) in [6.07, 6.45) is 1.68. The molecule has 1 aromatic heterocycles. The highest BCUT2D eigenvalue weighted by Gasteiger charge is 2.16. The van der Waals surface area contributed by atoms with Crippen LogP contribution in [0.2, 0.25) is 0 Å². The topological polar surface area (TPSA) is 83.1 Å². The molecule has 0 amide bonds. The summed E-state index contributed by atoms with van der Waals surface area (Å²) < 4.78 is 6.95. The molecule has 1 heterocycles. The molecule has 8 heteroatoms. The number of aromatic nitrogens is 3. The lowest BCUT2D eigenvalue weighted by Crippen LogP contribution is -2.00. The standard InChI is InChI=1S/C11H11ClN4O3/c1-15-6-9(13-14-15)7-19-11-4-8(5-12)2-3-10(11)16(17)18/h2-4,6H,5,7H2,1H3. The van der Waals surface area contributed by atoms with Gasteiger partial charge in [-0.2, -0.15) is 0 Å². The summed E-state index contributed by atoms with van der Waals surface area (Å²) in [5.41, 5.74) is 1.24. The van der Waals surface area contributed by atoms with E-state index in [1.165, 1.54) is 10.7 Å². The molecule has 19 heavy (non-hydrogen) atoms. The molecule has 0 saturated carbocycles. The van der Waals surface area contributed by atoms with Crippen LogP contribution in [0.1, 0.15) is 11.3 Å². The first-order chi connectivity index (χ1) is 9.10. The van der Waals surface area contributed by atoms with E-state index >= 15 is 0 Å². The summed E-state index contributed by atoms with van der Waals surface area (Å²) in [5, 5.41) is 18.5. The van der Waals surface area contributed by atoms with Gasteiger partial charge in [-0.05, 0) is 11.6 Å². The van der Waals surface area contributed by atoms with Gasteiger partial charge in [-0.1, -0.05) is 11.3 Å². The van der Waals surface area contributed by atoms with Gasteiger partial charge in [0.25, 0.3) is 0 Å². The van der Waals surface area contributed by atoms with Crippen LogP contribution >= 0.6 is 11.6 Å². The van der Waals surface area contributed by atoms with Crippen LogP contribution in [0.3, 0.4) is 0 Å². The lowest BCUT2D eigenvalue weighted by Gasteiger charge is -2.06. The van der Waals surface area contributed by atoms with E-state index in [4.69, 9.17) is 16.3 Å². The third kappa shape index (κ3) is 3.19. The number of nitro groups is 1. The first-order valence-electron chi connectivity index (χ1n) is 5.41. The molecule has 0 radical (unpaired) electrons. The minimum absolute atomic E-state index is 0.0993. The van der Waals surface area contributed by atoms with Gasteiger partial charge in [0.15, 0.2) is 5.75 Å². The maximum Gasteiger partial charge on any atom is 0.310 e. The summed E-state index contributed by atoms with van der Waals surface area (Å²) >= 11 is 5.70. The Kier molecular flexibility index (Phi) is 3.96. The fourth-order valence-corrected chi connectivity index (χ4v) is 1.69. The molecule has 2 aromatic rings. The Morgan fingerprint density at radius 3 is 2.89 bits per heavy atom. The number of nitrogens with zero attached hydrogens (tertiary/aromatic N) is 4. The monoisotopic (exact) mass is 282 g/mol. The van der Waals surface area contributed by atoms with Gasteiger partial charge in [-0.15, -0.1) is 16.7 Å². The zero-order valence-electron chi connectivity index (χ0n) is 10.1. The van der Waals surface area contributed by atoms with Gasteiger partial charge in [-0.25, -0.2) is 0 Å². The van der Waals surface area contributed by atoms with Crippen LogP contribution < -0.4 is 4.74 Å². The third-order valence-electron chi connectivity index (χ3n) is 2.40. The van der Waals surface area contributed by atoms with Crippen LogP contribution in [0.15, 0.2) is 24.4 Å². The maximum absolute atomic E-state index is 10.9. The van der Waals surface area contributed by atoms with E-state index in [1.54, 1.807) is 25.4 Å². The summed E-state index contributed by atoms with van der Waals surface area (Å²) in [5.74, 6) is 0.438. The molecule has 0 unspecified atom stereocenters. The highest BCUT2D eigenvalue weighted by atomic mass is 35.5. The summed E-state index contributed by atoms with van der Waals surface area (Å²) in [6.45, 7) is 0.112. The molecule has 7 nitrogen and oxygen atoms in total. The van der Waals surface area contributed by atoms with Crippen molar-refractivity contribution in [2.75, 3.05) is 0 Å². The first-order valence-corrected chi connectivity index (χ1v) is 5.95. The number of rotatable bonds is 5. The van der Waals surface area contributed by atoms with Gasteiger partial charge in [0.05, 0.1) is 11.1 Å². The third-order valence-corrected chi connectivity index (χ3v) is 2.71. The van der Waals surface area contributed by atoms with Crippen molar-refractivity contribution in [1.82, 2.24) is 15.0 Å². The minimum atomic E-state index is -0.496. The van der Waals surface area contributed by atoms with E-state index in [9.17, 15) is 10.1 Å². The lowest BCUT2D eigenvalue weighted by molar-refractivity contribution is -0.386. The van der Waals surface area contributed by atoms with E-state index in [0.717, 1.165) is 5.56 Å². The lowest BCUT2D eigenvalue weighted by atomic mass is 10.2. The molecule has 0 saturated heterocycles. The van der Waals surface area contributed by atoms with Gasteiger partial charge < -0.3 is 4.74 Å². The van der Waals surface area contributed by atoms with Gasteiger partial charge in [-0.3, -0.25) is 14.8 Å². The van der Waals surface area contributed by atoms with Crippen molar-refractivity contribution in [2.45, 2.75) is 12.5 Å². The molecule has 0 N–H and O–H groups in total. The molecule has 0 aliphatic rings. The quantitative estimate of drug-likeness (QED) is 0.476. The molecule has 0 aliphatic heterocycles. The Balaban J connectivity index is 2.19. The van der Waals surface area contributed by atoms with E-state index in [1.807, 2.05) is 0 Å². The average Bonchev–Trinajstić information content (AvgIpc) is 2.81. The fourth-order valence-electron chi connectivity index (χ4n) is 1.52. The Morgan fingerprint density at radius 1 is 1.53 bits per heavy atom. The summed E-state index contributed by atoms with van der Waals surface area (Å²) in [7, 11) is 1.73. The van der Waals surface area contributed by atoms with Crippen LogP contribution in [0, 0.1) is 10.1 Å². The molecular formula is C11H11ClN4O3. The van der Waals surface area contributed by atoms with Crippen LogP contribution in [-0.4, -0.2) is 19.9 Å². The van der Waals surface area contributed by atoms with E-state index in [2.05, 4.69) is 10.3 Å². The average molecular weight is 283 g/mol. The van der Waals surface area contributed by atoms with Crippen LogP contribution in [0.5, 0.6) is 5.75 Å². The number of nitro benzene ring substituents is 1. The van der Waals surface area contributed by atoms with Crippen molar-refractivity contribution in [2.24, 2.45) is 7.05 Å². The molecule has 100 valence electrons. The number of benzene rings is 1. The Bertz CT molecular complexity index is 599. The number of hydrogen-bond acceptors (Lipinski definition) is 5. The van der Waals surface area contributed by atoms with Crippen LogP contribution in [0.4, 0.5) is 5.69 Å². The molecular weight excluding hydrogens is 272 g/mol. The molecule has 0 atom stereocenters. The molecule has 0 spiro atoms. The van der Waals surface area contributed by atoms with Crippen LogP contribution in [0.25, 0.3) is 0 Å². The molecule has 0 fully saturated rings. The molecule has 2 rings (SSSR count). The zero-order chi connectivity index (χ0) is 13.8. The number of halogens is 1. The van der Waals surface area contributed by atoms with Gasteiger partial charge in [0.2, 0.25) is 0 Å². The van der Waals surface area contributed by atoms with Gasteiger partial charge in [0, 0.05) is 19.0 Å². The number of aryl methyl sites for hydroxylation is 1. The summed E-state index contributed by atoms with van der Waals surface area (Å²) in [6, 6.07) is 4.53. The Hall–Kier alpha value is -2.15. The molecule has 0 bridgehead atoms. The second kappa shape index (κ2) is 5.66. The van der Waals surface area contributed by atoms with Crippen molar-refractivity contribution < 1.29 is 9.66 Å². The normalized spacial score (nSPS) is 10.4. The largest absolute Gasteiger partial charge is 0.480 e. The van der Waals surface area contributed by atoms with Gasteiger partial charge >= 0.3 is 5.69 Å². The van der Waals surface area contributed by atoms with Gasteiger partial charge in [0.1, 0.15) is 12.3 Å². The minimum Gasteiger partial charge on any atom is -0.480 e. The van der Waals surface area contributed by atoms with E-state index in [-0.39, 0.29) is 23.9 Å². The van der Waals surface area contributed by atoms with Crippen molar-refractivity contribution in [3.05, 3.63) is 45.8 Å². The first kappa shape index (κ1) is 13.3. The second-order valence-electron chi connectivity index (χ2n) is 3.87. The number of hydrogen-bond donors (Lipinski definition) is 0.